The minimum absolute atomic E-state index is 0.928. The second-order valence-corrected chi connectivity index (χ2v) is 9.60. The van der Waals surface area contributed by atoms with E-state index in [-0.39, 0.29) is 0 Å². The number of para-hydroxylation sites is 1. The predicted octanol–water partition coefficient (Wildman–Crippen LogP) is 8.14. The van der Waals surface area contributed by atoms with Gasteiger partial charge >= 0.3 is 0 Å². The van der Waals surface area contributed by atoms with Gasteiger partial charge in [0.1, 0.15) is 0 Å². The summed E-state index contributed by atoms with van der Waals surface area (Å²) in [4.78, 5) is 4.35. The van der Waals surface area contributed by atoms with Crippen LogP contribution in [-0.4, -0.2) is 9.55 Å². The molecule has 3 aromatic heterocycles. The predicted molar refractivity (Wildman–Crippen MR) is 141 cm³/mol. The second kappa shape index (κ2) is 7.29. The lowest BCUT2D eigenvalue weighted by Gasteiger charge is -2.09. The van der Waals surface area contributed by atoms with Gasteiger partial charge in [-0.05, 0) is 60.0 Å². The molecule has 0 bridgehead atoms. The zero-order valence-electron chi connectivity index (χ0n) is 17.9. The molecule has 0 saturated heterocycles. The van der Waals surface area contributed by atoms with Crippen LogP contribution in [0.15, 0.2) is 109 Å². The van der Waals surface area contributed by atoms with Crippen LogP contribution < -0.4 is 0 Å². The lowest BCUT2D eigenvalue weighted by atomic mass is 10.0. The third kappa shape index (κ3) is 2.97. The molecule has 0 aliphatic rings. The summed E-state index contributed by atoms with van der Waals surface area (Å²) in [5, 5.41) is 5.15. The highest BCUT2D eigenvalue weighted by molar-refractivity contribution is 7.25. The molecule has 0 radical (unpaired) electrons. The van der Waals surface area contributed by atoms with E-state index in [2.05, 4.69) is 107 Å². The van der Waals surface area contributed by atoms with Crippen molar-refractivity contribution < 1.29 is 0 Å². The molecule has 7 rings (SSSR count). The average molecular weight is 441 g/mol. The van der Waals surface area contributed by atoms with Crippen molar-refractivity contribution >= 4 is 53.3 Å². The Balaban J connectivity index is 1.27. The highest BCUT2D eigenvalue weighted by Crippen LogP contribution is 2.35. The molecule has 0 fully saturated rings. The molecule has 0 amide bonds. The van der Waals surface area contributed by atoms with Gasteiger partial charge in [-0.15, -0.1) is 11.3 Å². The molecule has 0 aliphatic carbocycles. The van der Waals surface area contributed by atoms with Crippen molar-refractivity contribution in [2.45, 2.75) is 6.42 Å². The van der Waals surface area contributed by atoms with Crippen LogP contribution in [0.25, 0.3) is 47.7 Å². The number of pyridine rings is 1. The average Bonchev–Trinajstić information content (AvgIpc) is 3.40. The van der Waals surface area contributed by atoms with Crippen molar-refractivity contribution in [2.75, 3.05) is 0 Å². The summed E-state index contributed by atoms with van der Waals surface area (Å²) in [5.41, 5.74) is 6.24. The zero-order chi connectivity index (χ0) is 21.8. The fourth-order valence-electron chi connectivity index (χ4n) is 4.98. The van der Waals surface area contributed by atoms with Crippen LogP contribution in [0.2, 0.25) is 0 Å². The van der Waals surface area contributed by atoms with Gasteiger partial charge in [0.05, 0.1) is 11.0 Å². The fraction of sp³-hybridized carbons (Fsp3) is 0.0333. The van der Waals surface area contributed by atoms with Crippen LogP contribution in [0.4, 0.5) is 0 Å². The first-order chi connectivity index (χ1) is 16.3. The molecule has 156 valence electrons. The first-order valence-corrected chi connectivity index (χ1v) is 12.0. The molecule has 0 unspecified atom stereocenters. The summed E-state index contributed by atoms with van der Waals surface area (Å²) in [6.45, 7) is 0. The standard InChI is InChI=1S/C30H20N2S/c1-3-7-27-23(5-1)26-19-31-16-15-28(26)32(27)22-12-9-20(10-13-22)17-21-11-14-30-25(18-21)24-6-2-4-8-29(24)33-30/h1-16,18-19H,17H2. The molecule has 0 saturated carbocycles. The Morgan fingerprint density at radius 2 is 1.33 bits per heavy atom. The van der Waals surface area contributed by atoms with Crippen molar-refractivity contribution in [1.82, 2.24) is 9.55 Å². The van der Waals surface area contributed by atoms with Crippen molar-refractivity contribution in [3.8, 4) is 5.69 Å². The Kier molecular flexibility index (Phi) is 4.11. The number of hydrogen-bond donors (Lipinski definition) is 0. The van der Waals surface area contributed by atoms with Gasteiger partial charge in [-0.2, -0.15) is 0 Å². The molecule has 3 heterocycles. The maximum absolute atomic E-state index is 4.35. The van der Waals surface area contributed by atoms with E-state index in [0.29, 0.717) is 0 Å². The van der Waals surface area contributed by atoms with Gasteiger partial charge in [0.15, 0.2) is 0 Å². The minimum atomic E-state index is 0.928. The van der Waals surface area contributed by atoms with Crippen molar-refractivity contribution in [1.29, 1.82) is 0 Å². The molecule has 33 heavy (non-hydrogen) atoms. The van der Waals surface area contributed by atoms with Gasteiger partial charge in [0, 0.05) is 49.0 Å². The third-order valence-electron chi connectivity index (χ3n) is 6.52. The van der Waals surface area contributed by atoms with Crippen LogP contribution in [0.1, 0.15) is 11.1 Å². The molecule has 0 N–H and O–H groups in total. The normalized spacial score (nSPS) is 11.8. The van der Waals surface area contributed by atoms with Crippen molar-refractivity contribution in [3.05, 3.63) is 121 Å². The van der Waals surface area contributed by atoms with Crippen molar-refractivity contribution in [3.63, 3.8) is 0 Å². The molecular formula is C30H20N2S. The smallest absolute Gasteiger partial charge is 0.0571 e. The maximum Gasteiger partial charge on any atom is 0.0571 e. The Bertz CT molecular complexity index is 1730. The van der Waals surface area contributed by atoms with Crippen LogP contribution in [0.3, 0.4) is 0 Å². The summed E-state index contributed by atoms with van der Waals surface area (Å²) in [5.74, 6) is 0. The Morgan fingerprint density at radius 1 is 0.606 bits per heavy atom. The molecule has 3 heteroatoms. The number of hydrogen-bond acceptors (Lipinski definition) is 2. The molecule has 0 aliphatic heterocycles. The van der Waals surface area contributed by atoms with Gasteiger partial charge in [-0.25, -0.2) is 0 Å². The molecule has 2 nitrogen and oxygen atoms in total. The van der Waals surface area contributed by atoms with E-state index in [1.54, 1.807) is 0 Å². The fourth-order valence-corrected chi connectivity index (χ4v) is 6.06. The SMILES string of the molecule is c1ccc2c(c1)sc1ccc(Cc3ccc(-n4c5ccccc5c5cnccc54)cc3)cc12. The highest BCUT2D eigenvalue weighted by atomic mass is 32.1. The Labute approximate surface area is 195 Å². The first kappa shape index (κ1) is 18.6. The lowest BCUT2D eigenvalue weighted by molar-refractivity contribution is 1.15. The monoisotopic (exact) mass is 440 g/mol. The number of aromatic nitrogens is 2. The van der Waals surface area contributed by atoms with Gasteiger partial charge in [-0.3, -0.25) is 4.98 Å². The summed E-state index contributed by atoms with van der Waals surface area (Å²) in [6, 6.07) is 35.2. The number of benzene rings is 4. The summed E-state index contributed by atoms with van der Waals surface area (Å²) >= 11 is 1.87. The second-order valence-electron chi connectivity index (χ2n) is 8.52. The lowest BCUT2D eigenvalue weighted by Crippen LogP contribution is -1.95. The quantitative estimate of drug-likeness (QED) is 0.271. The van der Waals surface area contributed by atoms with E-state index in [9.17, 15) is 0 Å². The highest BCUT2D eigenvalue weighted by Gasteiger charge is 2.12. The van der Waals surface area contributed by atoms with E-state index in [4.69, 9.17) is 0 Å². The Hall–Kier alpha value is -3.95. The zero-order valence-corrected chi connectivity index (χ0v) is 18.7. The van der Waals surface area contributed by atoms with E-state index in [1.807, 2.05) is 23.7 Å². The molecule has 0 atom stereocenters. The van der Waals surface area contributed by atoms with Crippen LogP contribution >= 0.6 is 11.3 Å². The topological polar surface area (TPSA) is 17.8 Å². The molecule has 7 aromatic rings. The summed E-state index contributed by atoms with van der Waals surface area (Å²) in [6.07, 6.45) is 4.76. The van der Waals surface area contributed by atoms with Crippen molar-refractivity contribution in [2.24, 2.45) is 0 Å². The third-order valence-corrected chi connectivity index (χ3v) is 7.67. The maximum atomic E-state index is 4.35. The minimum Gasteiger partial charge on any atom is -0.309 e. The molecule has 4 aromatic carbocycles. The number of nitrogens with zero attached hydrogens (tertiary/aromatic N) is 2. The molecule has 0 spiro atoms. The number of rotatable bonds is 3. The van der Waals surface area contributed by atoms with E-state index >= 15 is 0 Å². The largest absolute Gasteiger partial charge is 0.309 e. The van der Waals surface area contributed by atoms with E-state index in [1.165, 1.54) is 58.8 Å². The van der Waals surface area contributed by atoms with E-state index < -0.39 is 0 Å². The van der Waals surface area contributed by atoms with E-state index in [0.717, 1.165) is 6.42 Å². The summed E-state index contributed by atoms with van der Waals surface area (Å²) in [7, 11) is 0. The first-order valence-electron chi connectivity index (χ1n) is 11.2. The van der Waals surface area contributed by atoms with Crippen LogP contribution in [-0.2, 0) is 6.42 Å². The number of fused-ring (bicyclic) bond motifs is 6. The van der Waals surface area contributed by atoms with Crippen LogP contribution in [0.5, 0.6) is 0 Å². The van der Waals surface area contributed by atoms with Gasteiger partial charge in [0.25, 0.3) is 0 Å². The van der Waals surface area contributed by atoms with Gasteiger partial charge in [-0.1, -0.05) is 54.6 Å². The molecular weight excluding hydrogens is 420 g/mol. The summed E-state index contributed by atoms with van der Waals surface area (Å²) < 4.78 is 5.05. The van der Waals surface area contributed by atoms with Crippen LogP contribution in [0, 0.1) is 0 Å². The van der Waals surface area contributed by atoms with Gasteiger partial charge in [0.2, 0.25) is 0 Å². The number of thiophene rings is 1. The Morgan fingerprint density at radius 3 is 2.24 bits per heavy atom. The van der Waals surface area contributed by atoms with Gasteiger partial charge < -0.3 is 4.57 Å².